The molecule has 7 heteroatoms. The summed E-state index contributed by atoms with van der Waals surface area (Å²) in [6, 6.07) is 13.0. The zero-order valence-corrected chi connectivity index (χ0v) is 14.8. The standard InChI is InChI=1S/C19H18ClN3O3/c20-14-3-1-13(2-4-14)11-18(24)23-9-7-22(8-10-23)15-5-6-16-17(12-15)26-19(25)21-16/h1-6,12H,7-11H2,(H,21,25). The second kappa shape index (κ2) is 6.88. The van der Waals surface area contributed by atoms with E-state index in [1.54, 1.807) is 12.1 Å². The van der Waals surface area contributed by atoms with Crippen molar-refractivity contribution in [2.75, 3.05) is 31.1 Å². The van der Waals surface area contributed by atoms with E-state index in [4.69, 9.17) is 16.0 Å². The number of nitrogens with one attached hydrogen (secondary N) is 1. The summed E-state index contributed by atoms with van der Waals surface area (Å²) in [4.78, 5) is 30.5. The van der Waals surface area contributed by atoms with Gasteiger partial charge in [0.25, 0.3) is 0 Å². The second-order valence-corrected chi connectivity index (χ2v) is 6.80. The third-order valence-corrected chi connectivity index (χ3v) is 4.92. The van der Waals surface area contributed by atoms with Crippen molar-refractivity contribution in [3.05, 3.63) is 63.6 Å². The monoisotopic (exact) mass is 371 g/mol. The number of carbonyl (C=O) groups excluding carboxylic acids is 1. The Morgan fingerprint density at radius 3 is 2.54 bits per heavy atom. The molecule has 0 spiro atoms. The van der Waals surface area contributed by atoms with Crippen LogP contribution in [0.15, 0.2) is 51.7 Å². The molecule has 0 aliphatic carbocycles. The minimum absolute atomic E-state index is 0.124. The lowest BCUT2D eigenvalue weighted by atomic mass is 10.1. The number of anilines is 1. The minimum atomic E-state index is -0.449. The lowest BCUT2D eigenvalue weighted by Crippen LogP contribution is -2.49. The maximum absolute atomic E-state index is 12.5. The van der Waals surface area contributed by atoms with Gasteiger partial charge in [-0.1, -0.05) is 23.7 Å². The Hall–Kier alpha value is -2.73. The molecule has 0 atom stereocenters. The van der Waals surface area contributed by atoms with Crippen molar-refractivity contribution in [2.24, 2.45) is 0 Å². The molecule has 1 aliphatic heterocycles. The highest BCUT2D eigenvalue weighted by Crippen LogP contribution is 2.22. The first-order valence-electron chi connectivity index (χ1n) is 8.48. The van der Waals surface area contributed by atoms with E-state index in [1.807, 2.05) is 35.2 Å². The summed E-state index contributed by atoms with van der Waals surface area (Å²) in [5.41, 5.74) is 3.20. The van der Waals surface area contributed by atoms with Crippen molar-refractivity contribution in [1.29, 1.82) is 0 Å². The van der Waals surface area contributed by atoms with Crippen LogP contribution in [0.4, 0.5) is 5.69 Å². The SMILES string of the molecule is O=C(Cc1ccc(Cl)cc1)N1CCN(c2ccc3[nH]c(=O)oc3c2)CC1. The highest BCUT2D eigenvalue weighted by Gasteiger charge is 2.21. The summed E-state index contributed by atoms with van der Waals surface area (Å²) >= 11 is 5.88. The number of hydrogen-bond acceptors (Lipinski definition) is 4. The number of fused-ring (bicyclic) bond motifs is 1. The third kappa shape index (κ3) is 3.46. The maximum Gasteiger partial charge on any atom is 0.417 e. The van der Waals surface area contributed by atoms with Gasteiger partial charge in [0.15, 0.2) is 5.58 Å². The maximum atomic E-state index is 12.5. The average molecular weight is 372 g/mol. The van der Waals surface area contributed by atoms with E-state index in [1.165, 1.54) is 0 Å². The van der Waals surface area contributed by atoms with Gasteiger partial charge in [-0.15, -0.1) is 0 Å². The number of aromatic amines is 1. The molecule has 1 fully saturated rings. The number of piperazine rings is 1. The van der Waals surface area contributed by atoms with Crippen molar-refractivity contribution in [3.8, 4) is 0 Å². The quantitative estimate of drug-likeness (QED) is 0.768. The first kappa shape index (κ1) is 16.7. The molecule has 0 radical (unpaired) electrons. The molecule has 134 valence electrons. The van der Waals surface area contributed by atoms with Gasteiger partial charge < -0.3 is 14.2 Å². The fraction of sp³-hybridized carbons (Fsp3) is 0.263. The van der Waals surface area contributed by atoms with Crippen LogP contribution < -0.4 is 10.7 Å². The van der Waals surface area contributed by atoms with E-state index in [0.717, 1.165) is 24.3 Å². The molecule has 0 unspecified atom stereocenters. The number of H-pyrrole nitrogens is 1. The van der Waals surface area contributed by atoms with Crippen LogP contribution in [0.5, 0.6) is 0 Å². The van der Waals surface area contributed by atoms with Crippen LogP contribution in [0.3, 0.4) is 0 Å². The second-order valence-electron chi connectivity index (χ2n) is 6.37. The molecular formula is C19H18ClN3O3. The molecule has 0 bridgehead atoms. The van der Waals surface area contributed by atoms with Crippen LogP contribution >= 0.6 is 11.6 Å². The van der Waals surface area contributed by atoms with E-state index < -0.39 is 5.76 Å². The van der Waals surface area contributed by atoms with Gasteiger partial charge in [-0.3, -0.25) is 9.78 Å². The smallest absolute Gasteiger partial charge is 0.408 e. The molecule has 1 amide bonds. The Kier molecular flexibility index (Phi) is 4.42. The molecule has 26 heavy (non-hydrogen) atoms. The molecule has 4 rings (SSSR count). The van der Waals surface area contributed by atoms with Crippen molar-refractivity contribution in [1.82, 2.24) is 9.88 Å². The van der Waals surface area contributed by atoms with Gasteiger partial charge in [-0.2, -0.15) is 0 Å². The summed E-state index contributed by atoms with van der Waals surface area (Å²) in [6.45, 7) is 2.82. The van der Waals surface area contributed by atoms with Gasteiger partial charge in [-0.25, -0.2) is 4.79 Å². The van der Waals surface area contributed by atoms with E-state index in [0.29, 0.717) is 35.6 Å². The first-order valence-corrected chi connectivity index (χ1v) is 8.86. The van der Waals surface area contributed by atoms with Gasteiger partial charge >= 0.3 is 5.76 Å². The predicted octanol–water partition coefficient (Wildman–Crippen LogP) is 2.67. The lowest BCUT2D eigenvalue weighted by molar-refractivity contribution is -0.130. The zero-order valence-electron chi connectivity index (χ0n) is 14.1. The molecule has 3 aromatic rings. The topological polar surface area (TPSA) is 69.6 Å². The van der Waals surface area contributed by atoms with Crippen LogP contribution in [0, 0.1) is 0 Å². The third-order valence-electron chi connectivity index (χ3n) is 4.67. The number of nitrogens with zero attached hydrogens (tertiary/aromatic N) is 2. The summed E-state index contributed by atoms with van der Waals surface area (Å²) in [7, 11) is 0. The van der Waals surface area contributed by atoms with Crippen molar-refractivity contribution < 1.29 is 9.21 Å². The van der Waals surface area contributed by atoms with Crippen LogP contribution in [0.1, 0.15) is 5.56 Å². The number of hydrogen-bond donors (Lipinski definition) is 1. The molecule has 1 aliphatic rings. The van der Waals surface area contributed by atoms with Gasteiger partial charge in [0.2, 0.25) is 5.91 Å². The largest absolute Gasteiger partial charge is 0.417 e. The summed E-state index contributed by atoms with van der Waals surface area (Å²) < 4.78 is 5.12. The van der Waals surface area contributed by atoms with E-state index >= 15 is 0 Å². The number of rotatable bonds is 3. The van der Waals surface area contributed by atoms with Gasteiger partial charge in [0.05, 0.1) is 11.9 Å². The Balaban J connectivity index is 1.38. The summed E-state index contributed by atoms with van der Waals surface area (Å²) in [5, 5.41) is 0.671. The number of halogens is 1. The van der Waals surface area contributed by atoms with Gasteiger partial charge in [0.1, 0.15) is 0 Å². The Morgan fingerprint density at radius 1 is 1.08 bits per heavy atom. The van der Waals surface area contributed by atoms with E-state index in [9.17, 15) is 9.59 Å². The highest BCUT2D eigenvalue weighted by molar-refractivity contribution is 6.30. The molecule has 1 N–H and O–H groups in total. The Labute approximate surface area is 155 Å². The summed E-state index contributed by atoms with van der Waals surface area (Å²) in [5.74, 6) is -0.325. The van der Waals surface area contributed by atoms with Crippen LogP contribution in [-0.2, 0) is 11.2 Å². The molecule has 2 aromatic carbocycles. The molecule has 2 heterocycles. The molecule has 0 saturated carbocycles. The van der Waals surface area contributed by atoms with E-state index in [-0.39, 0.29) is 5.91 Å². The molecule has 1 saturated heterocycles. The summed E-state index contributed by atoms with van der Waals surface area (Å²) in [6.07, 6.45) is 0.387. The normalized spacial score (nSPS) is 14.8. The van der Waals surface area contributed by atoms with Crippen molar-refractivity contribution in [3.63, 3.8) is 0 Å². The van der Waals surface area contributed by atoms with Crippen LogP contribution in [-0.4, -0.2) is 42.0 Å². The van der Waals surface area contributed by atoms with E-state index in [2.05, 4.69) is 9.88 Å². The minimum Gasteiger partial charge on any atom is -0.408 e. The average Bonchev–Trinajstić information content (AvgIpc) is 3.03. The zero-order chi connectivity index (χ0) is 18.1. The van der Waals surface area contributed by atoms with Gasteiger partial charge in [0, 0.05) is 43.0 Å². The number of oxazole rings is 1. The lowest BCUT2D eigenvalue weighted by Gasteiger charge is -2.36. The molecule has 1 aromatic heterocycles. The molecule has 6 nitrogen and oxygen atoms in total. The number of carbonyl (C=O) groups is 1. The first-order chi connectivity index (χ1) is 12.6. The number of aromatic nitrogens is 1. The van der Waals surface area contributed by atoms with Crippen LogP contribution in [0.2, 0.25) is 5.02 Å². The Morgan fingerprint density at radius 2 is 1.81 bits per heavy atom. The van der Waals surface area contributed by atoms with Crippen molar-refractivity contribution >= 4 is 34.3 Å². The number of amides is 1. The predicted molar refractivity (Wildman–Crippen MR) is 101 cm³/mol. The van der Waals surface area contributed by atoms with Crippen molar-refractivity contribution in [2.45, 2.75) is 6.42 Å². The Bertz CT molecular complexity index is 985. The highest BCUT2D eigenvalue weighted by atomic mass is 35.5. The van der Waals surface area contributed by atoms with Gasteiger partial charge in [-0.05, 0) is 29.8 Å². The molecular weight excluding hydrogens is 354 g/mol. The number of benzene rings is 2. The fourth-order valence-electron chi connectivity index (χ4n) is 3.23. The fourth-order valence-corrected chi connectivity index (χ4v) is 3.36. The van der Waals surface area contributed by atoms with Crippen LogP contribution in [0.25, 0.3) is 11.1 Å².